The third-order valence-electron chi connectivity index (χ3n) is 5.26. The normalized spacial score (nSPS) is 14.1. The lowest BCUT2D eigenvalue weighted by molar-refractivity contribution is 0.0881. The number of ether oxygens (including phenoxy) is 1. The van der Waals surface area contributed by atoms with Crippen molar-refractivity contribution in [1.82, 2.24) is 4.90 Å². The first-order valence-electron chi connectivity index (χ1n) is 9.74. The van der Waals surface area contributed by atoms with E-state index >= 15 is 0 Å². The fourth-order valence-corrected chi connectivity index (χ4v) is 4.11. The number of rotatable bonds is 5. The van der Waals surface area contributed by atoms with Gasteiger partial charge in [-0.25, -0.2) is 4.79 Å². The first kappa shape index (κ1) is 19.0. The Labute approximate surface area is 169 Å². The Kier molecular flexibility index (Phi) is 5.42. The van der Waals surface area contributed by atoms with Crippen LogP contribution in [-0.4, -0.2) is 11.6 Å². The zero-order chi connectivity index (χ0) is 19.7. The highest BCUT2D eigenvalue weighted by Gasteiger charge is 2.23. The highest BCUT2D eigenvalue weighted by molar-refractivity contribution is 6.30. The van der Waals surface area contributed by atoms with Gasteiger partial charge in [-0.05, 0) is 49.1 Å². The van der Waals surface area contributed by atoms with Crippen LogP contribution in [0.3, 0.4) is 0 Å². The van der Waals surface area contributed by atoms with E-state index in [1.807, 2.05) is 25.1 Å². The molecule has 0 radical (unpaired) electrons. The molecule has 1 aliphatic rings. The molecule has 0 fully saturated rings. The van der Waals surface area contributed by atoms with Crippen LogP contribution in [-0.2, 0) is 19.5 Å². The van der Waals surface area contributed by atoms with E-state index in [-0.39, 0.29) is 5.63 Å². The van der Waals surface area contributed by atoms with E-state index < -0.39 is 0 Å². The number of hydrogen-bond donors (Lipinski definition) is 0. The van der Waals surface area contributed by atoms with Gasteiger partial charge in [-0.1, -0.05) is 37.1 Å². The molecule has 0 N–H and O–H groups in total. The monoisotopic (exact) mass is 397 g/mol. The van der Waals surface area contributed by atoms with Crippen molar-refractivity contribution in [2.75, 3.05) is 6.73 Å². The van der Waals surface area contributed by atoms with E-state index in [9.17, 15) is 4.79 Å². The largest absolute Gasteiger partial charge is 0.477 e. The van der Waals surface area contributed by atoms with Crippen LogP contribution in [0.25, 0.3) is 11.0 Å². The van der Waals surface area contributed by atoms with Crippen molar-refractivity contribution in [2.45, 2.75) is 46.2 Å². The Bertz CT molecular complexity index is 1070. The van der Waals surface area contributed by atoms with Gasteiger partial charge in [0.05, 0.1) is 0 Å². The topological polar surface area (TPSA) is 42.7 Å². The summed E-state index contributed by atoms with van der Waals surface area (Å²) in [6.45, 7) is 6.17. The van der Waals surface area contributed by atoms with Crippen LogP contribution in [0, 0.1) is 6.92 Å². The summed E-state index contributed by atoms with van der Waals surface area (Å²) in [5.74, 6) is 0.839. The van der Waals surface area contributed by atoms with Crippen LogP contribution in [0.2, 0.25) is 5.02 Å². The van der Waals surface area contributed by atoms with Crippen molar-refractivity contribution in [3.63, 3.8) is 0 Å². The zero-order valence-corrected chi connectivity index (χ0v) is 17.0. The molecule has 0 saturated carbocycles. The first-order chi connectivity index (χ1) is 13.5. The molecule has 5 heteroatoms. The SMILES string of the molecule is CCCCc1cc(=O)oc2c(C)c3c(cc12)CN(Cc1cccc(Cl)c1)CO3. The lowest BCUT2D eigenvalue weighted by atomic mass is 9.98. The molecule has 2 heterocycles. The second kappa shape index (κ2) is 7.98. The molecule has 28 heavy (non-hydrogen) atoms. The number of benzene rings is 2. The van der Waals surface area contributed by atoms with Crippen LogP contribution < -0.4 is 10.4 Å². The number of nitrogens with zero attached hydrogens (tertiary/aromatic N) is 1. The van der Waals surface area contributed by atoms with Crippen LogP contribution in [0.15, 0.2) is 45.6 Å². The molecule has 0 bridgehead atoms. The summed E-state index contributed by atoms with van der Waals surface area (Å²) < 4.78 is 11.6. The molecular formula is C23H24ClNO3. The Balaban J connectivity index is 1.69. The van der Waals surface area contributed by atoms with E-state index in [1.165, 1.54) is 0 Å². The minimum absolute atomic E-state index is 0.292. The van der Waals surface area contributed by atoms with Crippen LogP contribution in [0.4, 0.5) is 0 Å². The summed E-state index contributed by atoms with van der Waals surface area (Å²) in [6.07, 6.45) is 3.01. The smallest absolute Gasteiger partial charge is 0.336 e. The number of fused-ring (bicyclic) bond motifs is 2. The molecule has 1 aliphatic heterocycles. The summed E-state index contributed by atoms with van der Waals surface area (Å²) in [7, 11) is 0. The van der Waals surface area contributed by atoms with Gasteiger partial charge in [0, 0.05) is 40.7 Å². The third kappa shape index (κ3) is 3.80. The lowest BCUT2D eigenvalue weighted by Gasteiger charge is -2.30. The van der Waals surface area contributed by atoms with Gasteiger partial charge in [0.15, 0.2) is 0 Å². The molecule has 0 unspecified atom stereocenters. The minimum atomic E-state index is -0.292. The predicted octanol–water partition coefficient (Wildman–Crippen LogP) is 5.45. The molecule has 0 atom stereocenters. The van der Waals surface area contributed by atoms with E-state index in [1.54, 1.807) is 6.07 Å². The second-order valence-electron chi connectivity index (χ2n) is 7.45. The standard InChI is InChI=1S/C23H24ClNO3/c1-3-4-7-17-11-21(26)28-23-15(2)22-18(10-20(17)23)13-25(14-27-22)12-16-6-5-8-19(24)9-16/h5-6,8-11H,3-4,7,12-14H2,1-2H3. The fourth-order valence-electron chi connectivity index (χ4n) is 3.90. The highest BCUT2D eigenvalue weighted by Crippen LogP contribution is 2.36. The highest BCUT2D eigenvalue weighted by atomic mass is 35.5. The maximum atomic E-state index is 12.0. The van der Waals surface area contributed by atoms with E-state index in [0.717, 1.165) is 70.8 Å². The second-order valence-corrected chi connectivity index (χ2v) is 7.89. The van der Waals surface area contributed by atoms with Crippen LogP contribution in [0.1, 0.15) is 42.0 Å². The Morgan fingerprint density at radius 3 is 2.86 bits per heavy atom. The predicted molar refractivity (Wildman–Crippen MR) is 112 cm³/mol. The Morgan fingerprint density at radius 2 is 2.07 bits per heavy atom. The first-order valence-corrected chi connectivity index (χ1v) is 10.1. The van der Waals surface area contributed by atoms with Crippen molar-refractivity contribution in [2.24, 2.45) is 0 Å². The minimum Gasteiger partial charge on any atom is -0.477 e. The van der Waals surface area contributed by atoms with Gasteiger partial charge in [0.2, 0.25) is 0 Å². The molecule has 0 saturated heterocycles. The quantitative estimate of drug-likeness (QED) is 0.537. The molecule has 4 rings (SSSR count). The average molecular weight is 398 g/mol. The van der Waals surface area contributed by atoms with Gasteiger partial charge in [-0.3, -0.25) is 4.90 Å². The molecule has 1 aromatic heterocycles. The summed E-state index contributed by atoms with van der Waals surface area (Å²) >= 11 is 6.12. The molecular weight excluding hydrogens is 374 g/mol. The third-order valence-corrected chi connectivity index (χ3v) is 5.49. The van der Waals surface area contributed by atoms with Gasteiger partial charge in [0.25, 0.3) is 0 Å². The molecule has 4 nitrogen and oxygen atoms in total. The van der Waals surface area contributed by atoms with Crippen LogP contribution in [0.5, 0.6) is 5.75 Å². The van der Waals surface area contributed by atoms with Gasteiger partial charge in [-0.15, -0.1) is 0 Å². The molecule has 0 amide bonds. The van der Waals surface area contributed by atoms with Gasteiger partial charge < -0.3 is 9.15 Å². The van der Waals surface area contributed by atoms with E-state index in [4.69, 9.17) is 20.8 Å². The number of halogens is 1. The van der Waals surface area contributed by atoms with Crippen molar-refractivity contribution in [1.29, 1.82) is 0 Å². The Morgan fingerprint density at radius 1 is 1.21 bits per heavy atom. The Hall–Kier alpha value is -2.30. The maximum Gasteiger partial charge on any atom is 0.336 e. The van der Waals surface area contributed by atoms with Gasteiger partial charge in [0.1, 0.15) is 18.1 Å². The summed E-state index contributed by atoms with van der Waals surface area (Å²) in [5.41, 5.74) is 4.62. The summed E-state index contributed by atoms with van der Waals surface area (Å²) in [6, 6.07) is 11.7. The van der Waals surface area contributed by atoms with Crippen LogP contribution >= 0.6 is 11.6 Å². The summed E-state index contributed by atoms with van der Waals surface area (Å²) in [5, 5.41) is 1.77. The zero-order valence-electron chi connectivity index (χ0n) is 16.3. The lowest BCUT2D eigenvalue weighted by Crippen LogP contribution is -2.32. The number of unbranched alkanes of at least 4 members (excludes halogenated alkanes) is 1. The maximum absolute atomic E-state index is 12.0. The molecule has 146 valence electrons. The van der Waals surface area contributed by atoms with Gasteiger partial charge in [-0.2, -0.15) is 0 Å². The van der Waals surface area contributed by atoms with E-state index in [2.05, 4.69) is 24.0 Å². The molecule has 0 spiro atoms. The van der Waals surface area contributed by atoms with Gasteiger partial charge >= 0.3 is 5.63 Å². The number of aryl methyl sites for hydroxylation is 2. The molecule has 0 aliphatic carbocycles. The molecule has 3 aromatic rings. The molecule has 2 aromatic carbocycles. The fraction of sp³-hybridized carbons (Fsp3) is 0.348. The van der Waals surface area contributed by atoms with Crippen molar-refractivity contribution < 1.29 is 9.15 Å². The van der Waals surface area contributed by atoms with Crippen molar-refractivity contribution >= 4 is 22.6 Å². The van der Waals surface area contributed by atoms with Crippen molar-refractivity contribution in [3.05, 3.63) is 74.1 Å². The average Bonchev–Trinajstić information content (AvgIpc) is 2.67. The number of hydrogen-bond acceptors (Lipinski definition) is 4. The van der Waals surface area contributed by atoms with E-state index in [0.29, 0.717) is 12.3 Å². The summed E-state index contributed by atoms with van der Waals surface area (Å²) in [4.78, 5) is 14.3. The van der Waals surface area contributed by atoms with Crippen molar-refractivity contribution in [3.8, 4) is 5.75 Å².